The number of aromatic nitrogens is 3. The van der Waals surface area contributed by atoms with E-state index in [-0.39, 0.29) is 0 Å². The van der Waals surface area contributed by atoms with E-state index in [0.717, 1.165) is 29.7 Å². The molecule has 0 spiro atoms. The number of hydrogen-bond acceptors (Lipinski definition) is 4. The molecule has 0 aliphatic heterocycles. The first kappa shape index (κ1) is 11.3. The largest absolute Gasteiger partial charge is 0.361 e. The predicted octanol–water partition coefficient (Wildman–Crippen LogP) is 3.12. The zero-order valence-electron chi connectivity index (χ0n) is 11.0. The van der Waals surface area contributed by atoms with E-state index in [4.69, 9.17) is 0 Å². The van der Waals surface area contributed by atoms with Crippen molar-refractivity contribution in [3.05, 3.63) is 60.0 Å². The SMILES string of the molecule is c1ccc2c(c1)CCC2Nc1ncnc2cccnc12. The second-order valence-electron chi connectivity index (χ2n) is 5.03. The number of anilines is 1. The van der Waals surface area contributed by atoms with Gasteiger partial charge in [0.2, 0.25) is 0 Å². The number of rotatable bonds is 2. The summed E-state index contributed by atoms with van der Waals surface area (Å²) >= 11 is 0. The maximum atomic E-state index is 4.39. The van der Waals surface area contributed by atoms with Crippen LogP contribution in [0.4, 0.5) is 5.82 Å². The fourth-order valence-electron chi connectivity index (χ4n) is 2.87. The Bertz CT molecular complexity index is 764. The molecule has 1 unspecified atom stereocenters. The van der Waals surface area contributed by atoms with Gasteiger partial charge in [-0.3, -0.25) is 4.98 Å². The van der Waals surface area contributed by atoms with Gasteiger partial charge in [0.15, 0.2) is 5.82 Å². The molecule has 1 aliphatic rings. The molecule has 1 aromatic carbocycles. The van der Waals surface area contributed by atoms with Gasteiger partial charge in [-0.05, 0) is 36.1 Å². The first-order chi connectivity index (χ1) is 9.92. The van der Waals surface area contributed by atoms with E-state index in [1.165, 1.54) is 11.1 Å². The minimum absolute atomic E-state index is 0.311. The van der Waals surface area contributed by atoms with Crippen molar-refractivity contribution in [2.24, 2.45) is 0 Å². The molecule has 4 rings (SSSR count). The van der Waals surface area contributed by atoms with Crippen LogP contribution in [0, 0.1) is 0 Å². The highest BCUT2D eigenvalue weighted by molar-refractivity contribution is 5.84. The zero-order chi connectivity index (χ0) is 13.4. The van der Waals surface area contributed by atoms with Gasteiger partial charge in [-0.25, -0.2) is 9.97 Å². The number of nitrogens with one attached hydrogen (secondary N) is 1. The van der Waals surface area contributed by atoms with Crippen molar-refractivity contribution in [1.82, 2.24) is 15.0 Å². The van der Waals surface area contributed by atoms with Crippen LogP contribution in [0.3, 0.4) is 0 Å². The molecule has 0 amide bonds. The smallest absolute Gasteiger partial charge is 0.156 e. The molecule has 1 atom stereocenters. The molecule has 0 bridgehead atoms. The van der Waals surface area contributed by atoms with Crippen LogP contribution < -0.4 is 5.32 Å². The summed E-state index contributed by atoms with van der Waals surface area (Å²) in [6.07, 6.45) is 5.58. The third kappa shape index (κ3) is 1.81. The van der Waals surface area contributed by atoms with Crippen molar-refractivity contribution in [2.75, 3.05) is 5.32 Å². The molecule has 0 saturated heterocycles. The molecule has 1 N–H and O–H groups in total. The van der Waals surface area contributed by atoms with Crippen LogP contribution in [-0.4, -0.2) is 15.0 Å². The third-order valence-electron chi connectivity index (χ3n) is 3.84. The Hall–Kier alpha value is -2.49. The summed E-state index contributed by atoms with van der Waals surface area (Å²) in [6.45, 7) is 0. The number of fused-ring (bicyclic) bond motifs is 2. The standard InChI is InChI=1S/C16H14N4/c1-2-5-12-11(4-1)7-8-13(12)20-16-15-14(18-10-19-16)6-3-9-17-15/h1-6,9-10,13H,7-8H2,(H,18,19,20). The second-order valence-corrected chi connectivity index (χ2v) is 5.03. The van der Waals surface area contributed by atoms with Crippen LogP contribution in [0.25, 0.3) is 11.0 Å². The highest BCUT2D eigenvalue weighted by Gasteiger charge is 2.22. The zero-order valence-corrected chi connectivity index (χ0v) is 11.0. The molecule has 20 heavy (non-hydrogen) atoms. The second kappa shape index (κ2) is 4.56. The van der Waals surface area contributed by atoms with Gasteiger partial charge in [-0.2, -0.15) is 0 Å². The van der Waals surface area contributed by atoms with Gasteiger partial charge in [0.05, 0.1) is 11.6 Å². The lowest BCUT2D eigenvalue weighted by molar-refractivity contribution is 0.758. The molecular formula is C16H14N4. The number of nitrogens with zero attached hydrogens (tertiary/aromatic N) is 3. The minimum Gasteiger partial charge on any atom is -0.361 e. The number of hydrogen-bond donors (Lipinski definition) is 1. The summed E-state index contributed by atoms with van der Waals surface area (Å²) < 4.78 is 0. The summed E-state index contributed by atoms with van der Waals surface area (Å²) in [5.74, 6) is 0.817. The molecule has 0 saturated carbocycles. The summed E-state index contributed by atoms with van der Waals surface area (Å²) in [6, 6.07) is 12.7. The summed E-state index contributed by atoms with van der Waals surface area (Å²) in [5.41, 5.74) is 4.50. The molecule has 1 aliphatic carbocycles. The minimum atomic E-state index is 0.311. The summed E-state index contributed by atoms with van der Waals surface area (Å²) in [4.78, 5) is 13.0. The Morgan fingerprint density at radius 3 is 2.95 bits per heavy atom. The molecule has 98 valence electrons. The number of aryl methyl sites for hydroxylation is 1. The van der Waals surface area contributed by atoms with Crippen molar-refractivity contribution in [1.29, 1.82) is 0 Å². The maximum Gasteiger partial charge on any atom is 0.156 e. The van der Waals surface area contributed by atoms with Crippen molar-refractivity contribution < 1.29 is 0 Å². The van der Waals surface area contributed by atoms with E-state index >= 15 is 0 Å². The Morgan fingerprint density at radius 2 is 1.95 bits per heavy atom. The Kier molecular flexibility index (Phi) is 2.59. The van der Waals surface area contributed by atoms with E-state index in [1.807, 2.05) is 12.1 Å². The number of pyridine rings is 1. The highest BCUT2D eigenvalue weighted by atomic mass is 15.1. The van der Waals surface area contributed by atoms with Gasteiger partial charge in [-0.15, -0.1) is 0 Å². The van der Waals surface area contributed by atoms with E-state index < -0.39 is 0 Å². The van der Waals surface area contributed by atoms with E-state index in [0.29, 0.717) is 6.04 Å². The van der Waals surface area contributed by atoms with E-state index in [1.54, 1.807) is 12.5 Å². The van der Waals surface area contributed by atoms with Gasteiger partial charge >= 0.3 is 0 Å². The Labute approximate surface area is 116 Å². The first-order valence-corrected chi connectivity index (χ1v) is 6.82. The van der Waals surface area contributed by atoms with Crippen molar-refractivity contribution >= 4 is 16.9 Å². The predicted molar refractivity (Wildman–Crippen MR) is 78.5 cm³/mol. The van der Waals surface area contributed by atoms with Gasteiger partial charge in [0.25, 0.3) is 0 Å². The molecule has 2 heterocycles. The molecular weight excluding hydrogens is 248 g/mol. The van der Waals surface area contributed by atoms with Crippen LogP contribution in [-0.2, 0) is 6.42 Å². The highest BCUT2D eigenvalue weighted by Crippen LogP contribution is 2.34. The van der Waals surface area contributed by atoms with Crippen molar-refractivity contribution in [2.45, 2.75) is 18.9 Å². The van der Waals surface area contributed by atoms with E-state index in [9.17, 15) is 0 Å². The van der Waals surface area contributed by atoms with Crippen molar-refractivity contribution in [3.8, 4) is 0 Å². The van der Waals surface area contributed by atoms with Gasteiger partial charge < -0.3 is 5.32 Å². The molecule has 2 aromatic heterocycles. The van der Waals surface area contributed by atoms with Crippen LogP contribution in [0.15, 0.2) is 48.9 Å². The normalized spacial score (nSPS) is 17.1. The van der Waals surface area contributed by atoms with Gasteiger partial charge in [0.1, 0.15) is 11.8 Å². The molecule has 4 heteroatoms. The number of benzene rings is 1. The monoisotopic (exact) mass is 262 g/mol. The third-order valence-corrected chi connectivity index (χ3v) is 3.84. The summed E-state index contributed by atoms with van der Waals surface area (Å²) in [7, 11) is 0. The average molecular weight is 262 g/mol. The first-order valence-electron chi connectivity index (χ1n) is 6.82. The summed E-state index contributed by atoms with van der Waals surface area (Å²) in [5, 5.41) is 3.53. The molecule has 3 aromatic rings. The topological polar surface area (TPSA) is 50.7 Å². The van der Waals surface area contributed by atoms with Crippen LogP contribution in [0.2, 0.25) is 0 Å². The molecule has 0 fully saturated rings. The lowest BCUT2D eigenvalue weighted by Crippen LogP contribution is -2.09. The maximum absolute atomic E-state index is 4.39. The van der Waals surface area contributed by atoms with Gasteiger partial charge in [0, 0.05) is 6.20 Å². The Morgan fingerprint density at radius 1 is 1.00 bits per heavy atom. The van der Waals surface area contributed by atoms with Crippen LogP contribution >= 0.6 is 0 Å². The molecule has 0 radical (unpaired) electrons. The van der Waals surface area contributed by atoms with E-state index in [2.05, 4.69) is 44.5 Å². The fraction of sp³-hybridized carbons (Fsp3) is 0.188. The average Bonchev–Trinajstić information content (AvgIpc) is 2.91. The quantitative estimate of drug-likeness (QED) is 0.771. The van der Waals surface area contributed by atoms with Crippen molar-refractivity contribution in [3.63, 3.8) is 0 Å². The van der Waals surface area contributed by atoms with Crippen LogP contribution in [0.5, 0.6) is 0 Å². The molecule has 4 nitrogen and oxygen atoms in total. The lowest BCUT2D eigenvalue weighted by Gasteiger charge is -2.15. The fourth-order valence-corrected chi connectivity index (χ4v) is 2.87. The van der Waals surface area contributed by atoms with Gasteiger partial charge in [-0.1, -0.05) is 24.3 Å². The van der Waals surface area contributed by atoms with Crippen LogP contribution in [0.1, 0.15) is 23.6 Å². The Balaban J connectivity index is 1.73. The lowest BCUT2D eigenvalue weighted by atomic mass is 10.1.